The fraction of sp³-hybridized carbons (Fsp3) is 0.333. The van der Waals surface area contributed by atoms with E-state index in [4.69, 9.17) is 11.6 Å². The molecule has 1 aromatic carbocycles. The molecule has 0 bridgehead atoms. The van der Waals surface area contributed by atoms with Crippen LogP contribution in [0.25, 0.3) is 0 Å². The number of thioether (sulfide) groups is 1. The first-order chi connectivity index (χ1) is 9.22. The van der Waals surface area contributed by atoms with Crippen LogP contribution in [0.4, 0.5) is 0 Å². The second-order valence-corrected chi connectivity index (χ2v) is 6.16. The van der Waals surface area contributed by atoms with Crippen LogP contribution < -0.4 is 0 Å². The third-order valence-electron chi connectivity index (χ3n) is 3.40. The van der Waals surface area contributed by atoms with Gasteiger partial charge in [0.1, 0.15) is 0 Å². The summed E-state index contributed by atoms with van der Waals surface area (Å²) in [7, 11) is 0. The molecule has 1 heterocycles. The molecule has 19 heavy (non-hydrogen) atoms. The van der Waals surface area contributed by atoms with Gasteiger partial charge in [0.25, 0.3) is 0 Å². The molecule has 0 saturated heterocycles. The molecule has 1 aliphatic carbocycles. The first-order valence-corrected chi connectivity index (χ1v) is 7.82. The van der Waals surface area contributed by atoms with Crippen LogP contribution in [0.15, 0.2) is 29.4 Å². The molecule has 2 nitrogen and oxygen atoms in total. The lowest BCUT2D eigenvalue weighted by atomic mass is 10.2. The van der Waals surface area contributed by atoms with Gasteiger partial charge < -0.3 is 0 Å². The molecule has 0 unspecified atom stereocenters. The van der Waals surface area contributed by atoms with E-state index < -0.39 is 0 Å². The van der Waals surface area contributed by atoms with Crippen molar-refractivity contribution in [2.45, 2.75) is 37.1 Å². The van der Waals surface area contributed by atoms with Crippen molar-refractivity contribution in [2.75, 3.05) is 0 Å². The molecule has 1 aromatic heterocycles. The monoisotopic (exact) mass is 290 g/mol. The van der Waals surface area contributed by atoms with Crippen molar-refractivity contribution >= 4 is 23.4 Å². The van der Waals surface area contributed by atoms with E-state index >= 15 is 0 Å². The van der Waals surface area contributed by atoms with E-state index in [1.165, 1.54) is 23.2 Å². The molecule has 0 N–H and O–H groups in total. The van der Waals surface area contributed by atoms with Gasteiger partial charge in [-0.15, -0.1) is 0 Å². The second-order valence-electron chi connectivity index (χ2n) is 4.79. The summed E-state index contributed by atoms with van der Waals surface area (Å²) in [6.07, 6.45) is 3.46. The minimum atomic E-state index is 0.776. The van der Waals surface area contributed by atoms with E-state index in [2.05, 4.69) is 29.0 Å². The number of aryl methyl sites for hydroxylation is 2. The number of hydrogen-bond donors (Lipinski definition) is 0. The summed E-state index contributed by atoms with van der Waals surface area (Å²) in [5.41, 5.74) is 5.03. The highest BCUT2D eigenvalue weighted by Gasteiger charge is 2.16. The van der Waals surface area contributed by atoms with E-state index in [1.54, 1.807) is 11.8 Å². The highest BCUT2D eigenvalue weighted by Crippen LogP contribution is 2.27. The minimum absolute atomic E-state index is 0.776. The predicted molar refractivity (Wildman–Crippen MR) is 79.8 cm³/mol. The van der Waals surface area contributed by atoms with E-state index in [-0.39, 0.29) is 0 Å². The summed E-state index contributed by atoms with van der Waals surface area (Å²) >= 11 is 7.58. The molecular formula is C15H15ClN2S. The molecule has 3 rings (SSSR count). The topological polar surface area (TPSA) is 25.8 Å². The Kier molecular flexibility index (Phi) is 3.76. The first-order valence-electron chi connectivity index (χ1n) is 6.46. The molecule has 0 aliphatic heterocycles. The maximum atomic E-state index is 5.88. The van der Waals surface area contributed by atoms with Crippen LogP contribution in [-0.4, -0.2) is 9.97 Å². The Bertz CT molecular complexity index is 596. The van der Waals surface area contributed by atoms with Gasteiger partial charge in [0.2, 0.25) is 0 Å². The van der Waals surface area contributed by atoms with Gasteiger partial charge in [-0.1, -0.05) is 35.5 Å². The maximum absolute atomic E-state index is 5.88. The Morgan fingerprint density at radius 3 is 2.74 bits per heavy atom. The summed E-state index contributed by atoms with van der Waals surface area (Å²) in [5.74, 6) is 0.884. The van der Waals surface area contributed by atoms with Crippen molar-refractivity contribution in [1.29, 1.82) is 0 Å². The molecule has 0 spiro atoms. The van der Waals surface area contributed by atoms with Gasteiger partial charge in [-0.05, 0) is 49.4 Å². The normalized spacial score (nSPS) is 13.6. The van der Waals surface area contributed by atoms with Crippen molar-refractivity contribution in [1.82, 2.24) is 9.97 Å². The largest absolute Gasteiger partial charge is 0.228 e. The van der Waals surface area contributed by atoms with Crippen molar-refractivity contribution < 1.29 is 0 Å². The Morgan fingerprint density at radius 1 is 1.16 bits per heavy atom. The van der Waals surface area contributed by atoms with Crippen LogP contribution >= 0.6 is 23.4 Å². The summed E-state index contributed by atoms with van der Waals surface area (Å²) in [6.45, 7) is 2.10. The van der Waals surface area contributed by atoms with Crippen LogP contribution in [0.3, 0.4) is 0 Å². The van der Waals surface area contributed by atoms with Gasteiger partial charge in [-0.25, -0.2) is 9.97 Å². The van der Waals surface area contributed by atoms with Crippen molar-refractivity contribution in [3.63, 3.8) is 0 Å². The number of fused-ring (bicyclic) bond motifs is 1. The average Bonchev–Trinajstić information content (AvgIpc) is 2.87. The summed E-state index contributed by atoms with van der Waals surface area (Å²) < 4.78 is 0. The molecule has 98 valence electrons. The minimum Gasteiger partial charge on any atom is -0.228 e. The quantitative estimate of drug-likeness (QED) is 0.625. The maximum Gasteiger partial charge on any atom is 0.188 e. The van der Waals surface area contributed by atoms with E-state index in [1.807, 2.05) is 12.1 Å². The Morgan fingerprint density at radius 2 is 1.95 bits per heavy atom. The fourth-order valence-electron chi connectivity index (χ4n) is 2.39. The molecule has 1 aliphatic rings. The van der Waals surface area contributed by atoms with Gasteiger partial charge in [-0.2, -0.15) is 0 Å². The first kappa shape index (κ1) is 12.9. The van der Waals surface area contributed by atoms with Crippen LogP contribution in [0.2, 0.25) is 5.02 Å². The Balaban J connectivity index is 1.73. The summed E-state index contributed by atoms with van der Waals surface area (Å²) in [6, 6.07) is 7.95. The number of rotatable bonds is 3. The third-order valence-corrected chi connectivity index (χ3v) is 4.57. The third kappa shape index (κ3) is 2.93. The molecule has 0 radical (unpaired) electrons. The SMILES string of the molecule is Cc1nc(SCc2ccc(Cl)cc2)nc2c1CCC2. The van der Waals surface area contributed by atoms with Gasteiger partial charge in [0.15, 0.2) is 5.16 Å². The molecule has 4 heteroatoms. The lowest BCUT2D eigenvalue weighted by Gasteiger charge is -2.06. The number of benzene rings is 1. The predicted octanol–water partition coefficient (Wildman–Crippen LogP) is 4.22. The summed E-state index contributed by atoms with van der Waals surface area (Å²) in [5, 5.41) is 1.67. The van der Waals surface area contributed by atoms with Gasteiger partial charge in [0, 0.05) is 22.2 Å². The molecule has 0 saturated carbocycles. The van der Waals surface area contributed by atoms with Gasteiger partial charge in [-0.3, -0.25) is 0 Å². The van der Waals surface area contributed by atoms with Gasteiger partial charge >= 0.3 is 0 Å². The number of hydrogen-bond acceptors (Lipinski definition) is 3. The number of halogens is 1. The number of nitrogens with zero attached hydrogens (tertiary/aromatic N) is 2. The molecule has 0 amide bonds. The zero-order valence-electron chi connectivity index (χ0n) is 10.8. The van der Waals surface area contributed by atoms with Crippen molar-refractivity contribution in [3.8, 4) is 0 Å². The lowest BCUT2D eigenvalue weighted by Crippen LogP contribution is -1.99. The standard InChI is InChI=1S/C15H15ClN2S/c1-10-13-3-2-4-14(13)18-15(17-10)19-9-11-5-7-12(16)8-6-11/h5-8H,2-4,9H2,1H3. The summed E-state index contributed by atoms with van der Waals surface area (Å²) in [4.78, 5) is 9.28. The van der Waals surface area contributed by atoms with Crippen molar-refractivity contribution in [3.05, 3.63) is 51.8 Å². The second kappa shape index (κ2) is 5.51. The smallest absolute Gasteiger partial charge is 0.188 e. The van der Waals surface area contributed by atoms with E-state index in [9.17, 15) is 0 Å². The Hall–Kier alpha value is -1.06. The van der Waals surface area contributed by atoms with E-state index in [0.717, 1.165) is 34.5 Å². The zero-order valence-corrected chi connectivity index (χ0v) is 12.4. The van der Waals surface area contributed by atoms with Crippen LogP contribution in [0.1, 0.15) is 28.9 Å². The van der Waals surface area contributed by atoms with Crippen LogP contribution in [0.5, 0.6) is 0 Å². The van der Waals surface area contributed by atoms with Crippen molar-refractivity contribution in [2.24, 2.45) is 0 Å². The lowest BCUT2D eigenvalue weighted by molar-refractivity contribution is 0.868. The Labute approximate surface area is 122 Å². The average molecular weight is 291 g/mol. The van der Waals surface area contributed by atoms with E-state index in [0.29, 0.717) is 0 Å². The van der Waals surface area contributed by atoms with Crippen LogP contribution in [0, 0.1) is 6.92 Å². The fourth-order valence-corrected chi connectivity index (χ4v) is 3.38. The number of aromatic nitrogens is 2. The van der Waals surface area contributed by atoms with Gasteiger partial charge in [0.05, 0.1) is 0 Å². The highest BCUT2D eigenvalue weighted by molar-refractivity contribution is 7.98. The van der Waals surface area contributed by atoms with Crippen LogP contribution in [-0.2, 0) is 18.6 Å². The molecule has 0 atom stereocenters. The molecular weight excluding hydrogens is 276 g/mol. The highest BCUT2D eigenvalue weighted by atomic mass is 35.5. The molecule has 0 fully saturated rings. The zero-order chi connectivity index (χ0) is 13.2. The molecule has 2 aromatic rings.